The van der Waals surface area contributed by atoms with E-state index in [2.05, 4.69) is 20.1 Å². The number of rotatable bonds is 14. The number of hydrogen-bond acceptors (Lipinski definition) is 6. The van der Waals surface area contributed by atoms with Crippen LogP contribution in [0.2, 0.25) is 0 Å². The van der Waals surface area contributed by atoms with E-state index < -0.39 is 41.1 Å². The van der Waals surface area contributed by atoms with Crippen LogP contribution in [-0.4, -0.2) is 82.3 Å². The quantitative estimate of drug-likeness (QED) is 0.229. The SMILES string of the molecule is C=CCCCOC(=O)[C@@H]1[C@H]2C(=O)N([C@@H](CC)CO)C(C(=O)N(CC=C)CCCC)C23CC[C@@]1(C)O3. The molecule has 3 heterocycles. The molecule has 2 unspecified atom stereocenters. The normalized spacial score (nSPS) is 31.8. The van der Waals surface area contributed by atoms with Crippen molar-refractivity contribution in [1.29, 1.82) is 0 Å². The lowest BCUT2D eigenvalue weighted by Gasteiger charge is -2.39. The molecule has 196 valence electrons. The van der Waals surface area contributed by atoms with Crippen LogP contribution in [0.25, 0.3) is 0 Å². The second-order valence-electron chi connectivity index (χ2n) is 10.2. The number of nitrogens with zero attached hydrogens (tertiary/aromatic N) is 2. The number of carbonyl (C=O) groups is 3. The minimum Gasteiger partial charge on any atom is -0.465 e. The summed E-state index contributed by atoms with van der Waals surface area (Å²) in [5.74, 6) is -2.54. The zero-order chi connectivity index (χ0) is 25.8. The van der Waals surface area contributed by atoms with E-state index in [1.54, 1.807) is 17.1 Å². The van der Waals surface area contributed by atoms with E-state index in [1.165, 1.54) is 4.90 Å². The molecule has 6 atom stereocenters. The Kier molecular flexibility index (Phi) is 8.81. The summed E-state index contributed by atoms with van der Waals surface area (Å²) in [6, 6.07) is -1.43. The Labute approximate surface area is 209 Å². The minimum atomic E-state index is -1.11. The highest BCUT2D eigenvalue weighted by atomic mass is 16.6. The molecule has 0 aromatic heterocycles. The van der Waals surface area contributed by atoms with Gasteiger partial charge in [-0.05, 0) is 45.4 Å². The number of amides is 2. The lowest BCUT2D eigenvalue weighted by Crippen LogP contribution is -2.58. The van der Waals surface area contributed by atoms with E-state index in [1.807, 2.05) is 13.8 Å². The van der Waals surface area contributed by atoms with Crippen LogP contribution < -0.4 is 0 Å². The third kappa shape index (κ3) is 4.67. The first-order chi connectivity index (χ1) is 16.8. The molecule has 3 fully saturated rings. The lowest BCUT2D eigenvalue weighted by molar-refractivity contribution is -0.162. The van der Waals surface area contributed by atoms with Gasteiger partial charge in [0, 0.05) is 13.1 Å². The maximum atomic E-state index is 14.1. The third-order valence-corrected chi connectivity index (χ3v) is 8.02. The van der Waals surface area contributed by atoms with Gasteiger partial charge in [-0.2, -0.15) is 0 Å². The fourth-order valence-corrected chi connectivity index (χ4v) is 6.27. The van der Waals surface area contributed by atoms with E-state index in [-0.39, 0.29) is 25.0 Å². The van der Waals surface area contributed by atoms with E-state index in [0.717, 1.165) is 19.3 Å². The molecule has 0 aromatic rings. The largest absolute Gasteiger partial charge is 0.465 e. The summed E-state index contributed by atoms with van der Waals surface area (Å²) in [6.07, 6.45) is 8.14. The second-order valence-corrected chi connectivity index (χ2v) is 10.2. The Bertz CT molecular complexity index is 826. The Balaban J connectivity index is 2.01. The molecule has 8 nitrogen and oxygen atoms in total. The van der Waals surface area contributed by atoms with Gasteiger partial charge in [-0.1, -0.05) is 32.4 Å². The molecule has 1 N–H and O–H groups in total. The van der Waals surface area contributed by atoms with Gasteiger partial charge in [-0.15, -0.1) is 13.2 Å². The zero-order valence-electron chi connectivity index (χ0n) is 21.5. The maximum absolute atomic E-state index is 14.1. The summed E-state index contributed by atoms with van der Waals surface area (Å²) >= 11 is 0. The van der Waals surface area contributed by atoms with Crippen molar-refractivity contribution in [3.63, 3.8) is 0 Å². The molecule has 0 aromatic carbocycles. The molecular weight excluding hydrogens is 448 g/mol. The number of hydrogen-bond donors (Lipinski definition) is 1. The fourth-order valence-electron chi connectivity index (χ4n) is 6.27. The summed E-state index contributed by atoms with van der Waals surface area (Å²) < 4.78 is 12.2. The summed E-state index contributed by atoms with van der Waals surface area (Å²) in [5, 5.41) is 10.1. The average molecular weight is 491 g/mol. The van der Waals surface area contributed by atoms with Crippen LogP contribution in [0.1, 0.15) is 65.7 Å². The summed E-state index contributed by atoms with van der Waals surface area (Å²) in [4.78, 5) is 44.6. The number of likely N-dealkylation sites (tertiary alicyclic amines) is 1. The molecule has 3 saturated heterocycles. The Morgan fingerprint density at radius 2 is 2.03 bits per heavy atom. The van der Waals surface area contributed by atoms with Crippen molar-refractivity contribution in [2.45, 2.75) is 89.0 Å². The molecule has 3 aliphatic rings. The van der Waals surface area contributed by atoms with Gasteiger partial charge in [0.25, 0.3) is 0 Å². The molecule has 2 amide bonds. The van der Waals surface area contributed by atoms with Crippen molar-refractivity contribution >= 4 is 17.8 Å². The van der Waals surface area contributed by atoms with Crippen molar-refractivity contribution in [3.8, 4) is 0 Å². The topological polar surface area (TPSA) is 96.4 Å². The minimum absolute atomic E-state index is 0.203. The molecule has 3 aliphatic heterocycles. The number of esters is 1. The first-order valence-electron chi connectivity index (χ1n) is 13.1. The first kappa shape index (κ1) is 27.4. The summed E-state index contributed by atoms with van der Waals surface area (Å²) in [6.45, 7) is 14.2. The van der Waals surface area contributed by atoms with Crippen LogP contribution >= 0.6 is 0 Å². The molecule has 3 rings (SSSR count). The number of allylic oxidation sites excluding steroid dienone is 1. The van der Waals surface area contributed by atoms with E-state index in [4.69, 9.17) is 9.47 Å². The van der Waals surface area contributed by atoms with Crippen LogP contribution in [0.5, 0.6) is 0 Å². The monoisotopic (exact) mass is 490 g/mol. The number of unbranched alkanes of at least 4 members (excludes halogenated alkanes) is 2. The average Bonchev–Trinajstić information content (AvgIpc) is 3.41. The van der Waals surface area contributed by atoms with Gasteiger partial charge in [0.2, 0.25) is 11.8 Å². The fraction of sp³-hybridized carbons (Fsp3) is 0.741. The summed E-state index contributed by atoms with van der Waals surface area (Å²) in [5.41, 5.74) is -1.98. The summed E-state index contributed by atoms with van der Waals surface area (Å²) in [7, 11) is 0. The first-order valence-corrected chi connectivity index (χ1v) is 13.1. The highest BCUT2D eigenvalue weighted by molar-refractivity contribution is 5.98. The molecular formula is C27H42N2O6. The maximum Gasteiger partial charge on any atom is 0.312 e. The van der Waals surface area contributed by atoms with Crippen molar-refractivity contribution in [2.24, 2.45) is 11.8 Å². The smallest absolute Gasteiger partial charge is 0.312 e. The highest BCUT2D eigenvalue weighted by Gasteiger charge is 2.79. The van der Waals surface area contributed by atoms with Gasteiger partial charge in [-0.25, -0.2) is 0 Å². The van der Waals surface area contributed by atoms with Gasteiger partial charge in [0.15, 0.2) is 0 Å². The molecule has 1 spiro atoms. The van der Waals surface area contributed by atoms with Crippen LogP contribution in [0.3, 0.4) is 0 Å². The number of ether oxygens (including phenoxy) is 2. The van der Waals surface area contributed by atoms with Crippen LogP contribution in [0.15, 0.2) is 25.3 Å². The third-order valence-electron chi connectivity index (χ3n) is 8.02. The molecule has 0 saturated carbocycles. The lowest BCUT2D eigenvalue weighted by atomic mass is 9.66. The van der Waals surface area contributed by atoms with E-state index >= 15 is 0 Å². The van der Waals surface area contributed by atoms with Crippen molar-refractivity contribution in [1.82, 2.24) is 9.80 Å². The molecule has 8 heteroatoms. The molecule has 2 bridgehead atoms. The van der Waals surface area contributed by atoms with Gasteiger partial charge in [-0.3, -0.25) is 14.4 Å². The Morgan fingerprint density at radius 1 is 1.29 bits per heavy atom. The predicted molar refractivity (Wildman–Crippen MR) is 132 cm³/mol. The standard InChI is InChI=1S/C27H42N2O6/c1-6-10-12-17-34-25(33)21-20-23(31)29(19(9-4)18-30)22(27(20)14-13-26(21,5)35-27)24(32)28(15-8-3)16-11-7-2/h6,8,19-22,30H,1,3,7,9-18H2,2,4-5H3/t19-,20-,21-,22?,26+,27?/m0/s1. The van der Waals surface area contributed by atoms with Gasteiger partial charge in [0.1, 0.15) is 17.6 Å². The molecule has 0 aliphatic carbocycles. The number of carbonyl (C=O) groups excluding carboxylic acids is 3. The van der Waals surface area contributed by atoms with Crippen LogP contribution in [-0.2, 0) is 23.9 Å². The van der Waals surface area contributed by atoms with Gasteiger partial charge in [0.05, 0.1) is 30.8 Å². The predicted octanol–water partition coefficient (Wildman–Crippen LogP) is 2.85. The van der Waals surface area contributed by atoms with E-state index in [9.17, 15) is 19.5 Å². The number of fused-ring (bicyclic) bond motifs is 1. The van der Waals surface area contributed by atoms with Gasteiger partial charge >= 0.3 is 5.97 Å². The Hall–Kier alpha value is -2.19. The van der Waals surface area contributed by atoms with Crippen LogP contribution in [0, 0.1) is 11.8 Å². The van der Waals surface area contributed by atoms with E-state index in [0.29, 0.717) is 38.8 Å². The van der Waals surface area contributed by atoms with Crippen LogP contribution in [0.4, 0.5) is 0 Å². The van der Waals surface area contributed by atoms with Gasteiger partial charge < -0.3 is 24.4 Å². The number of aliphatic hydroxyl groups is 1. The van der Waals surface area contributed by atoms with Crippen molar-refractivity contribution < 1.29 is 29.0 Å². The molecule has 35 heavy (non-hydrogen) atoms. The van der Waals surface area contributed by atoms with Crippen molar-refractivity contribution in [3.05, 3.63) is 25.3 Å². The number of aliphatic hydroxyl groups excluding tert-OH is 1. The zero-order valence-corrected chi connectivity index (χ0v) is 21.5. The molecule has 0 radical (unpaired) electrons. The Morgan fingerprint density at radius 3 is 2.63 bits per heavy atom. The van der Waals surface area contributed by atoms with Crippen molar-refractivity contribution in [2.75, 3.05) is 26.3 Å². The highest BCUT2D eigenvalue weighted by Crippen LogP contribution is 2.63. The second kappa shape index (κ2) is 11.2.